The molecule has 1 saturated heterocycles. The SMILES string of the molecule is CN(C)C(=O)C1CC(c2ccc(-c3ccc(N4C[C@H](Cn5ccnn5)OC4=O)cc3F)cn2)=NO1. The molecule has 0 aliphatic carbocycles. The molecule has 0 spiro atoms. The first kappa shape index (κ1) is 22.4. The monoisotopic (exact) mass is 479 g/mol. The lowest BCUT2D eigenvalue weighted by atomic mass is 10.0. The molecule has 2 aliphatic heterocycles. The van der Waals surface area contributed by atoms with E-state index in [1.807, 2.05) is 0 Å². The van der Waals surface area contributed by atoms with Crippen molar-refractivity contribution in [3.8, 4) is 11.1 Å². The van der Waals surface area contributed by atoms with E-state index in [0.717, 1.165) is 0 Å². The van der Waals surface area contributed by atoms with Gasteiger partial charge in [-0.1, -0.05) is 16.4 Å². The standard InChI is InChI=1S/C23H22FN7O4/c1-29(2)22(32)21-10-20(27-35-21)19-6-3-14(11-25-19)17-5-4-15(9-18(17)24)31-13-16(34-23(31)33)12-30-8-7-26-28-30/h3-9,11,16,21H,10,12-13H2,1-2H3/t16-,21?/m0/s1. The highest BCUT2D eigenvalue weighted by atomic mass is 19.1. The summed E-state index contributed by atoms with van der Waals surface area (Å²) in [6, 6.07) is 8.00. The Morgan fingerprint density at radius 1 is 1.26 bits per heavy atom. The van der Waals surface area contributed by atoms with Gasteiger partial charge in [-0.05, 0) is 24.3 Å². The molecule has 0 saturated carbocycles. The number of rotatable bonds is 6. The molecule has 2 aliphatic rings. The van der Waals surface area contributed by atoms with Crippen LogP contribution in [0.2, 0.25) is 0 Å². The van der Waals surface area contributed by atoms with Gasteiger partial charge in [-0.2, -0.15) is 0 Å². The number of cyclic esters (lactones) is 1. The summed E-state index contributed by atoms with van der Waals surface area (Å²) in [7, 11) is 3.31. The maximum atomic E-state index is 15.0. The molecule has 0 N–H and O–H groups in total. The van der Waals surface area contributed by atoms with Crippen LogP contribution in [0.1, 0.15) is 12.1 Å². The lowest BCUT2D eigenvalue weighted by Gasteiger charge is -2.14. The van der Waals surface area contributed by atoms with E-state index in [1.54, 1.807) is 55.4 Å². The van der Waals surface area contributed by atoms with Crippen molar-refractivity contribution in [1.82, 2.24) is 24.9 Å². The topological polar surface area (TPSA) is 115 Å². The van der Waals surface area contributed by atoms with Gasteiger partial charge >= 0.3 is 6.09 Å². The van der Waals surface area contributed by atoms with Gasteiger partial charge in [0, 0.05) is 44.0 Å². The highest BCUT2D eigenvalue weighted by Gasteiger charge is 2.33. The number of benzene rings is 1. The number of oxime groups is 1. The molecule has 2 aromatic heterocycles. The van der Waals surface area contributed by atoms with E-state index in [0.29, 0.717) is 41.2 Å². The fourth-order valence-corrected chi connectivity index (χ4v) is 3.95. The van der Waals surface area contributed by atoms with Gasteiger partial charge in [0.1, 0.15) is 17.6 Å². The van der Waals surface area contributed by atoms with Crippen molar-refractivity contribution in [2.45, 2.75) is 25.2 Å². The van der Waals surface area contributed by atoms with Crippen LogP contribution in [0.3, 0.4) is 0 Å². The first-order chi connectivity index (χ1) is 16.9. The average Bonchev–Trinajstić information content (AvgIpc) is 3.60. The fraction of sp³-hybridized carbons (Fsp3) is 0.304. The van der Waals surface area contributed by atoms with Crippen LogP contribution in [-0.2, 0) is 20.9 Å². The molecule has 2 atom stereocenters. The van der Waals surface area contributed by atoms with Crippen molar-refractivity contribution in [3.05, 3.63) is 60.4 Å². The number of carbonyl (C=O) groups excluding carboxylic acids is 2. The zero-order chi connectivity index (χ0) is 24.5. The highest BCUT2D eigenvalue weighted by Crippen LogP contribution is 2.29. The van der Waals surface area contributed by atoms with Gasteiger partial charge in [0.15, 0.2) is 0 Å². The molecular formula is C23H22FN7O4. The van der Waals surface area contributed by atoms with Gasteiger partial charge in [-0.15, -0.1) is 5.10 Å². The van der Waals surface area contributed by atoms with Crippen molar-refractivity contribution >= 4 is 23.4 Å². The number of hydrogen-bond donors (Lipinski definition) is 0. The lowest BCUT2D eigenvalue weighted by molar-refractivity contribution is -0.139. The van der Waals surface area contributed by atoms with E-state index in [9.17, 15) is 9.59 Å². The Hall–Kier alpha value is -4.35. The summed E-state index contributed by atoms with van der Waals surface area (Å²) in [5, 5.41) is 11.6. The van der Waals surface area contributed by atoms with E-state index in [2.05, 4.69) is 20.5 Å². The van der Waals surface area contributed by atoms with Crippen LogP contribution >= 0.6 is 0 Å². The summed E-state index contributed by atoms with van der Waals surface area (Å²) in [5.41, 5.74) is 2.41. The Labute approximate surface area is 199 Å². The maximum absolute atomic E-state index is 15.0. The third-order valence-corrected chi connectivity index (χ3v) is 5.76. The van der Waals surface area contributed by atoms with Crippen LogP contribution < -0.4 is 4.90 Å². The predicted octanol–water partition coefficient (Wildman–Crippen LogP) is 2.09. The molecule has 11 nitrogen and oxygen atoms in total. The van der Waals surface area contributed by atoms with Gasteiger partial charge in [-0.3, -0.25) is 14.7 Å². The second-order valence-corrected chi connectivity index (χ2v) is 8.41. The third-order valence-electron chi connectivity index (χ3n) is 5.76. The molecule has 1 fully saturated rings. The molecule has 1 unspecified atom stereocenters. The summed E-state index contributed by atoms with van der Waals surface area (Å²) in [5.74, 6) is -0.670. The number of halogens is 1. The van der Waals surface area contributed by atoms with Crippen molar-refractivity contribution < 1.29 is 23.6 Å². The molecule has 4 heterocycles. The zero-order valence-corrected chi connectivity index (χ0v) is 19.0. The Morgan fingerprint density at radius 3 is 2.80 bits per heavy atom. The van der Waals surface area contributed by atoms with Gasteiger partial charge in [0.05, 0.1) is 30.7 Å². The summed E-state index contributed by atoms with van der Waals surface area (Å²) in [4.78, 5) is 36.8. The minimum atomic E-state index is -0.667. The number of hydrogen-bond acceptors (Lipinski definition) is 8. The van der Waals surface area contributed by atoms with Crippen LogP contribution in [-0.4, -0.2) is 75.4 Å². The Bertz CT molecular complexity index is 1280. The lowest BCUT2D eigenvalue weighted by Crippen LogP contribution is -2.33. The molecule has 35 heavy (non-hydrogen) atoms. The molecule has 0 bridgehead atoms. The van der Waals surface area contributed by atoms with E-state index in [1.165, 1.54) is 22.1 Å². The number of ether oxygens (including phenoxy) is 1. The summed E-state index contributed by atoms with van der Waals surface area (Å²) in [6.45, 7) is 0.635. The number of carbonyl (C=O) groups is 2. The third kappa shape index (κ3) is 4.54. The minimum absolute atomic E-state index is 0.172. The first-order valence-corrected chi connectivity index (χ1v) is 10.9. The van der Waals surface area contributed by atoms with Crippen molar-refractivity contribution in [3.63, 3.8) is 0 Å². The first-order valence-electron chi connectivity index (χ1n) is 10.9. The predicted molar refractivity (Wildman–Crippen MR) is 122 cm³/mol. The number of likely N-dealkylation sites (N-methyl/N-ethyl adjacent to an activating group) is 1. The molecule has 12 heteroatoms. The smallest absolute Gasteiger partial charge is 0.414 e. The molecule has 2 amide bonds. The number of aromatic nitrogens is 4. The van der Waals surface area contributed by atoms with Crippen LogP contribution in [0.15, 0.2) is 54.1 Å². The Balaban J connectivity index is 1.27. The van der Waals surface area contributed by atoms with Crippen molar-refractivity contribution in [2.75, 3.05) is 25.5 Å². The number of anilines is 1. The van der Waals surface area contributed by atoms with Gasteiger partial charge in [-0.25, -0.2) is 13.9 Å². The number of pyridine rings is 1. The normalized spacial score (nSPS) is 19.3. The van der Waals surface area contributed by atoms with Crippen LogP contribution in [0.5, 0.6) is 0 Å². The molecule has 0 radical (unpaired) electrons. The minimum Gasteiger partial charge on any atom is -0.442 e. The molecular weight excluding hydrogens is 457 g/mol. The van der Waals surface area contributed by atoms with Crippen molar-refractivity contribution in [2.24, 2.45) is 5.16 Å². The van der Waals surface area contributed by atoms with Gasteiger partial charge in [0.25, 0.3) is 5.91 Å². The van der Waals surface area contributed by atoms with Crippen LogP contribution in [0, 0.1) is 5.82 Å². The van der Waals surface area contributed by atoms with Crippen LogP contribution in [0.25, 0.3) is 11.1 Å². The summed E-state index contributed by atoms with van der Waals surface area (Å²) in [6.07, 6.45) is 3.45. The molecule has 1 aromatic carbocycles. The molecule has 180 valence electrons. The van der Waals surface area contributed by atoms with E-state index in [4.69, 9.17) is 9.57 Å². The number of nitrogens with zero attached hydrogens (tertiary/aromatic N) is 7. The largest absolute Gasteiger partial charge is 0.442 e. The maximum Gasteiger partial charge on any atom is 0.414 e. The van der Waals surface area contributed by atoms with Crippen molar-refractivity contribution in [1.29, 1.82) is 0 Å². The number of amides is 2. The zero-order valence-electron chi connectivity index (χ0n) is 19.0. The highest BCUT2D eigenvalue weighted by molar-refractivity contribution is 6.02. The second-order valence-electron chi connectivity index (χ2n) is 8.41. The van der Waals surface area contributed by atoms with Crippen LogP contribution in [0.4, 0.5) is 14.9 Å². The second kappa shape index (κ2) is 9.12. The molecule has 3 aromatic rings. The Kier molecular flexibility index (Phi) is 5.85. The van der Waals surface area contributed by atoms with Gasteiger partial charge < -0.3 is 14.5 Å². The van der Waals surface area contributed by atoms with E-state index >= 15 is 4.39 Å². The summed E-state index contributed by atoms with van der Waals surface area (Å²) >= 11 is 0. The average molecular weight is 479 g/mol. The Morgan fingerprint density at radius 2 is 2.11 bits per heavy atom. The van der Waals surface area contributed by atoms with E-state index < -0.39 is 24.1 Å². The summed E-state index contributed by atoms with van der Waals surface area (Å²) < 4.78 is 22.0. The van der Waals surface area contributed by atoms with E-state index in [-0.39, 0.29) is 12.5 Å². The molecule has 5 rings (SSSR count). The quantitative estimate of drug-likeness (QED) is 0.532. The van der Waals surface area contributed by atoms with Gasteiger partial charge in [0.2, 0.25) is 6.10 Å². The fourth-order valence-electron chi connectivity index (χ4n) is 3.95.